The Labute approximate surface area is 86.0 Å². The van der Waals surface area contributed by atoms with Crippen molar-refractivity contribution in [1.82, 2.24) is 0 Å². The van der Waals surface area contributed by atoms with Crippen LogP contribution in [-0.4, -0.2) is 26.6 Å². The molecule has 0 bridgehead atoms. The van der Waals surface area contributed by atoms with E-state index in [0.717, 1.165) is 0 Å². The highest BCUT2D eigenvalue weighted by Gasteiger charge is 2.15. The first-order valence-electron chi connectivity index (χ1n) is 4.06. The smallest absolute Gasteiger partial charge is 0.404 e. The van der Waals surface area contributed by atoms with Crippen LogP contribution in [0.3, 0.4) is 0 Å². The van der Waals surface area contributed by atoms with E-state index in [0.29, 0.717) is 5.56 Å². The molecule has 1 aromatic rings. The Kier molecular flexibility index (Phi) is 3.84. The second-order valence-corrected chi connectivity index (χ2v) is 4.01. The average Bonchev–Trinajstić information content (AvgIpc) is 2.15. The Bertz CT molecular complexity index is 356. The van der Waals surface area contributed by atoms with Crippen LogP contribution in [0.25, 0.3) is 0 Å². The lowest BCUT2D eigenvalue weighted by atomic mass is 10.1. The zero-order chi connectivity index (χ0) is 11.5. The van der Waals surface area contributed by atoms with E-state index < -0.39 is 20.5 Å². The first-order chi connectivity index (χ1) is 6.92. The van der Waals surface area contributed by atoms with Gasteiger partial charge in [-0.25, -0.2) is 4.57 Å². The van der Waals surface area contributed by atoms with Gasteiger partial charge in [0.15, 0.2) is 0 Å². The second-order valence-electron chi connectivity index (χ2n) is 2.85. The van der Waals surface area contributed by atoms with Gasteiger partial charge in [0.25, 0.3) is 0 Å². The van der Waals surface area contributed by atoms with E-state index in [1.165, 1.54) is 24.3 Å². The number of aliphatic hydroxyl groups excluding tert-OH is 2. The van der Waals surface area contributed by atoms with Gasteiger partial charge in [-0.15, -0.1) is 0 Å². The highest BCUT2D eigenvalue weighted by molar-refractivity contribution is 7.46. The summed E-state index contributed by atoms with van der Waals surface area (Å²) in [5.41, 5.74) is 0.440. The molecule has 1 rings (SSSR count). The predicted molar refractivity (Wildman–Crippen MR) is 51.2 cm³/mol. The largest absolute Gasteiger partial charge is 0.524 e. The summed E-state index contributed by atoms with van der Waals surface area (Å²) in [7, 11) is -4.55. The van der Waals surface area contributed by atoms with Crippen LogP contribution in [0.1, 0.15) is 11.7 Å². The lowest BCUT2D eigenvalue weighted by Gasteiger charge is -2.09. The molecule has 1 unspecified atom stereocenters. The van der Waals surface area contributed by atoms with Crippen LogP contribution in [0.5, 0.6) is 5.75 Å². The van der Waals surface area contributed by atoms with E-state index >= 15 is 0 Å². The Morgan fingerprint density at radius 3 is 2.20 bits per heavy atom. The van der Waals surface area contributed by atoms with E-state index in [9.17, 15) is 9.67 Å². The van der Waals surface area contributed by atoms with Crippen LogP contribution in [0.15, 0.2) is 24.3 Å². The third-order valence-corrected chi connectivity index (χ3v) is 2.11. The number of phosphoric ester groups is 1. The molecule has 1 atom stereocenters. The molecule has 0 heterocycles. The SMILES string of the molecule is O=P(O)(O)Oc1ccc(C(O)CO)cc1. The summed E-state index contributed by atoms with van der Waals surface area (Å²) in [6.07, 6.45) is -1.01. The first kappa shape index (κ1) is 12.2. The molecule has 4 N–H and O–H groups in total. The van der Waals surface area contributed by atoms with Crippen molar-refractivity contribution in [3.05, 3.63) is 29.8 Å². The van der Waals surface area contributed by atoms with Gasteiger partial charge in [0.1, 0.15) is 11.9 Å². The monoisotopic (exact) mass is 234 g/mol. The van der Waals surface area contributed by atoms with E-state index in [1.807, 2.05) is 0 Å². The molecule has 0 radical (unpaired) electrons. The summed E-state index contributed by atoms with van der Waals surface area (Å²) in [6, 6.07) is 5.42. The van der Waals surface area contributed by atoms with Crippen molar-refractivity contribution in [3.8, 4) is 5.75 Å². The van der Waals surface area contributed by atoms with Crippen molar-refractivity contribution in [2.45, 2.75) is 6.10 Å². The van der Waals surface area contributed by atoms with Gasteiger partial charge in [0.05, 0.1) is 6.61 Å². The molecule has 15 heavy (non-hydrogen) atoms. The third-order valence-electron chi connectivity index (χ3n) is 1.66. The number of hydrogen-bond acceptors (Lipinski definition) is 4. The topological polar surface area (TPSA) is 107 Å². The standard InChI is InChI=1S/C8H11O6P/c9-5-8(10)6-1-3-7(4-2-6)14-15(11,12)13/h1-4,8-10H,5H2,(H2,11,12,13). The molecule has 0 aliphatic rings. The second kappa shape index (κ2) is 4.74. The normalized spacial score (nSPS) is 13.6. The van der Waals surface area contributed by atoms with Crippen molar-refractivity contribution in [2.24, 2.45) is 0 Å². The average molecular weight is 234 g/mol. The maximum atomic E-state index is 10.5. The highest BCUT2D eigenvalue weighted by Crippen LogP contribution is 2.37. The molecule has 0 aliphatic heterocycles. The molecule has 0 spiro atoms. The van der Waals surface area contributed by atoms with Crippen molar-refractivity contribution < 1.29 is 29.1 Å². The Morgan fingerprint density at radius 1 is 1.27 bits per heavy atom. The molecule has 0 aromatic heterocycles. The van der Waals surface area contributed by atoms with Gasteiger partial charge in [0, 0.05) is 0 Å². The summed E-state index contributed by atoms with van der Waals surface area (Å²) in [5, 5.41) is 17.8. The summed E-state index contributed by atoms with van der Waals surface area (Å²) in [6.45, 7) is -0.418. The fraction of sp³-hybridized carbons (Fsp3) is 0.250. The number of rotatable bonds is 4. The summed E-state index contributed by atoms with van der Waals surface area (Å²) >= 11 is 0. The molecule has 1 aromatic carbocycles. The molecular weight excluding hydrogens is 223 g/mol. The minimum atomic E-state index is -4.55. The summed E-state index contributed by atoms with van der Waals surface area (Å²) < 4.78 is 14.8. The van der Waals surface area contributed by atoms with Gasteiger partial charge >= 0.3 is 7.82 Å². The first-order valence-corrected chi connectivity index (χ1v) is 5.59. The number of aliphatic hydroxyl groups is 2. The molecule has 0 aliphatic carbocycles. The summed E-state index contributed by atoms with van der Waals surface area (Å²) in [4.78, 5) is 17.0. The van der Waals surface area contributed by atoms with E-state index in [4.69, 9.17) is 14.9 Å². The van der Waals surface area contributed by atoms with E-state index in [-0.39, 0.29) is 5.75 Å². The molecule has 0 amide bonds. The Hall–Kier alpha value is -0.910. The molecular formula is C8H11O6P. The molecule has 7 heteroatoms. The van der Waals surface area contributed by atoms with Crippen LogP contribution in [0, 0.1) is 0 Å². The van der Waals surface area contributed by atoms with Crippen molar-refractivity contribution in [2.75, 3.05) is 6.61 Å². The van der Waals surface area contributed by atoms with Gasteiger partial charge in [-0.05, 0) is 17.7 Å². The molecule has 84 valence electrons. The quantitative estimate of drug-likeness (QED) is 0.554. The maximum Gasteiger partial charge on any atom is 0.524 e. The molecule has 0 fully saturated rings. The minimum absolute atomic E-state index is 0.00257. The lowest BCUT2D eigenvalue weighted by Crippen LogP contribution is -2.01. The van der Waals surface area contributed by atoms with E-state index in [1.54, 1.807) is 0 Å². The molecule has 6 nitrogen and oxygen atoms in total. The minimum Gasteiger partial charge on any atom is -0.404 e. The van der Waals surface area contributed by atoms with Gasteiger partial charge in [-0.2, -0.15) is 0 Å². The Morgan fingerprint density at radius 2 is 1.80 bits per heavy atom. The van der Waals surface area contributed by atoms with Crippen LogP contribution in [0.2, 0.25) is 0 Å². The number of phosphoric acid groups is 1. The highest BCUT2D eigenvalue weighted by atomic mass is 31.2. The van der Waals surface area contributed by atoms with Gasteiger partial charge < -0.3 is 14.7 Å². The number of benzene rings is 1. The summed E-state index contributed by atoms with van der Waals surface area (Å²) in [5.74, 6) is -0.00257. The van der Waals surface area contributed by atoms with Crippen LogP contribution < -0.4 is 4.52 Å². The fourth-order valence-corrected chi connectivity index (χ4v) is 1.39. The van der Waals surface area contributed by atoms with E-state index in [2.05, 4.69) is 4.52 Å². The number of hydrogen-bond donors (Lipinski definition) is 4. The van der Waals surface area contributed by atoms with Crippen LogP contribution in [0.4, 0.5) is 0 Å². The van der Waals surface area contributed by atoms with Crippen LogP contribution in [-0.2, 0) is 4.57 Å². The predicted octanol–water partition coefficient (Wildman–Crippen LogP) is 0.184. The maximum absolute atomic E-state index is 10.5. The van der Waals surface area contributed by atoms with Crippen molar-refractivity contribution >= 4 is 7.82 Å². The zero-order valence-corrected chi connectivity index (χ0v) is 8.54. The zero-order valence-electron chi connectivity index (χ0n) is 7.65. The van der Waals surface area contributed by atoms with Crippen LogP contribution >= 0.6 is 7.82 Å². The van der Waals surface area contributed by atoms with Gasteiger partial charge in [-0.3, -0.25) is 9.79 Å². The van der Waals surface area contributed by atoms with Crippen molar-refractivity contribution in [1.29, 1.82) is 0 Å². The Balaban J connectivity index is 2.77. The van der Waals surface area contributed by atoms with Gasteiger partial charge in [-0.1, -0.05) is 12.1 Å². The third kappa shape index (κ3) is 3.99. The molecule has 0 saturated carbocycles. The lowest BCUT2D eigenvalue weighted by molar-refractivity contribution is 0.0956. The molecule has 0 saturated heterocycles. The van der Waals surface area contributed by atoms with Crippen molar-refractivity contribution in [3.63, 3.8) is 0 Å². The van der Waals surface area contributed by atoms with Gasteiger partial charge in [0.2, 0.25) is 0 Å². The fourth-order valence-electron chi connectivity index (χ4n) is 0.994.